The molecular formula is C26H29F5N6O. The number of likely N-dealkylation sites (tertiary alicyclic amines) is 1. The van der Waals surface area contributed by atoms with Crippen LogP contribution in [0.3, 0.4) is 0 Å². The highest BCUT2D eigenvalue weighted by Crippen LogP contribution is 2.39. The summed E-state index contributed by atoms with van der Waals surface area (Å²) in [5.41, 5.74) is 0.284. The zero-order valence-corrected chi connectivity index (χ0v) is 21.4. The molecule has 0 spiro atoms. The van der Waals surface area contributed by atoms with Crippen LogP contribution >= 0.6 is 0 Å². The smallest absolute Gasteiger partial charge is 0.371 e. The predicted molar refractivity (Wildman–Crippen MR) is 132 cm³/mol. The van der Waals surface area contributed by atoms with Crippen molar-refractivity contribution >= 4 is 17.4 Å². The van der Waals surface area contributed by atoms with Gasteiger partial charge in [-0.2, -0.15) is 13.2 Å². The van der Waals surface area contributed by atoms with Gasteiger partial charge in [-0.3, -0.25) is 9.78 Å². The van der Waals surface area contributed by atoms with Crippen molar-refractivity contribution in [3.63, 3.8) is 0 Å². The van der Waals surface area contributed by atoms with Crippen molar-refractivity contribution in [2.75, 3.05) is 18.4 Å². The summed E-state index contributed by atoms with van der Waals surface area (Å²) in [6.07, 6.45) is 1.48. The topological polar surface area (TPSA) is 83.0 Å². The lowest BCUT2D eigenvalue weighted by Crippen LogP contribution is -2.65. The molecule has 0 aliphatic carbocycles. The van der Waals surface area contributed by atoms with Gasteiger partial charge in [0, 0.05) is 42.8 Å². The lowest BCUT2D eigenvalue weighted by molar-refractivity contribution is -0.155. The minimum absolute atomic E-state index is 0.0267. The van der Waals surface area contributed by atoms with Gasteiger partial charge in [0.15, 0.2) is 0 Å². The molecule has 0 saturated carbocycles. The molecule has 2 aromatic rings. The maximum Gasteiger partial charge on any atom is 0.419 e. The van der Waals surface area contributed by atoms with Crippen LogP contribution in [0.25, 0.3) is 5.57 Å². The fourth-order valence-corrected chi connectivity index (χ4v) is 4.94. The summed E-state index contributed by atoms with van der Waals surface area (Å²) in [5.74, 6) is -4.40. The van der Waals surface area contributed by atoms with Gasteiger partial charge in [-0.15, -0.1) is 0 Å². The second-order valence-corrected chi connectivity index (χ2v) is 10.1. The molecule has 2 aliphatic heterocycles. The Kier molecular flexibility index (Phi) is 7.19. The van der Waals surface area contributed by atoms with Gasteiger partial charge in [-0.1, -0.05) is 19.1 Å². The van der Waals surface area contributed by atoms with Crippen LogP contribution < -0.4 is 10.6 Å². The third kappa shape index (κ3) is 5.63. The summed E-state index contributed by atoms with van der Waals surface area (Å²) in [6, 6.07) is 2.93. The van der Waals surface area contributed by atoms with Crippen molar-refractivity contribution in [2.45, 2.75) is 57.8 Å². The summed E-state index contributed by atoms with van der Waals surface area (Å²) in [5, 5.41) is 6.00. The van der Waals surface area contributed by atoms with Gasteiger partial charge in [0.25, 0.3) is 11.8 Å². The summed E-state index contributed by atoms with van der Waals surface area (Å²) in [4.78, 5) is 27.1. The van der Waals surface area contributed by atoms with Gasteiger partial charge in [0.1, 0.15) is 5.54 Å². The molecule has 1 amide bonds. The Morgan fingerprint density at radius 3 is 2.42 bits per heavy atom. The van der Waals surface area contributed by atoms with E-state index in [1.165, 1.54) is 0 Å². The second-order valence-electron chi connectivity index (χ2n) is 10.1. The third-order valence-corrected chi connectivity index (χ3v) is 6.89. The number of aryl methyl sites for hydroxylation is 1. The normalized spacial score (nSPS) is 25.2. The number of hydrogen-bond acceptors (Lipinski definition) is 6. The van der Waals surface area contributed by atoms with Gasteiger partial charge < -0.3 is 15.5 Å². The van der Waals surface area contributed by atoms with Crippen molar-refractivity contribution in [1.82, 2.24) is 25.2 Å². The number of alkyl halides is 5. The molecule has 0 bridgehead atoms. The Labute approximate surface area is 217 Å². The molecule has 12 heteroatoms. The van der Waals surface area contributed by atoms with E-state index >= 15 is 0 Å². The number of pyridine rings is 1. The minimum Gasteiger partial charge on any atom is -0.371 e. The standard InChI is InChI=1S/C26H29F5N6O/c1-15-5-8-20(32-10-15)19-7-6-17(3)36-24(19,4)22(38)37-14-25(27,28)9-16(2)21(37)13-35-23-33-11-18(12-34-23)26(29,30)31/h5-8,10-12,16,21,36H,9,13-14H2,1-4H3,(H,33,34,35)/t16-,21-,24?/m1/s1. The van der Waals surface area contributed by atoms with E-state index in [9.17, 15) is 26.7 Å². The summed E-state index contributed by atoms with van der Waals surface area (Å²) in [7, 11) is 0. The summed E-state index contributed by atoms with van der Waals surface area (Å²) >= 11 is 0. The first-order valence-electron chi connectivity index (χ1n) is 12.1. The molecule has 38 heavy (non-hydrogen) atoms. The Balaban J connectivity index is 1.63. The number of halogens is 5. The van der Waals surface area contributed by atoms with Gasteiger partial charge >= 0.3 is 6.18 Å². The van der Waals surface area contributed by atoms with E-state index in [1.54, 1.807) is 45.2 Å². The van der Waals surface area contributed by atoms with Gasteiger partial charge in [-0.25, -0.2) is 18.7 Å². The Morgan fingerprint density at radius 1 is 1.13 bits per heavy atom. The number of anilines is 1. The first-order valence-corrected chi connectivity index (χ1v) is 12.1. The number of carbonyl (C=O) groups is 1. The number of amides is 1. The van der Waals surface area contributed by atoms with Gasteiger partial charge in [0.2, 0.25) is 5.95 Å². The van der Waals surface area contributed by atoms with E-state index in [4.69, 9.17) is 0 Å². The maximum absolute atomic E-state index is 14.8. The molecule has 1 fully saturated rings. The first kappa shape index (κ1) is 27.5. The Hall–Kier alpha value is -3.57. The molecule has 2 N–H and O–H groups in total. The molecule has 0 aromatic carbocycles. The molecule has 0 radical (unpaired) electrons. The summed E-state index contributed by atoms with van der Waals surface area (Å²) in [6.45, 7) is 6.09. The van der Waals surface area contributed by atoms with E-state index in [2.05, 4.69) is 25.6 Å². The molecule has 2 aliphatic rings. The lowest BCUT2D eigenvalue weighted by Gasteiger charge is -2.48. The van der Waals surface area contributed by atoms with Crippen molar-refractivity contribution in [2.24, 2.45) is 5.92 Å². The SMILES string of the molecule is CC1=CC=C(c2ccc(C)cn2)C(C)(C(=O)N2CC(F)(F)C[C@@H](C)[C@H]2CNc2ncc(C(F)(F)F)cn2)N1. The highest BCUT2D eigenvalue weighted by atomic mass is 19.4. The Bertz CT molecular complexity index is 1240. The fourth-order valence-electron chi connectivity index (χ4n) is 4.94. The third-order valence-electron chi connectivity index (χ3n) is 6.89. The number of nitrogens with one attached hydrogen (secondary N) is 2. The maximum atomic E-state index is 14.8. The molecule has 3 atom stereocenters. The van der Waals surface area contributed by atoms with Crippen LogP contribution in [-0.4, -0.2) is 56.4 Å². The Morgan fingerprint density at radius 2 is 1.82 bits per heavy atom. The highest BCUT2D eigenvalue weighted by Gasteiger charge is 2.51. The first-order chi connectivity index (χ1) is 17.7. The highest BCUT2D eigenvalue weighted by molar-refractivity contribution is 6.01. The molecule has 204 valence electrons. The monoisotopic (exact) mass is 536 g/mol. The summed E-state index contributed by atoms with van der Waals surface area (Å²) < 4.78 is 68.1. The molecule has 7 nitrogen and oxygen atoms in total. The van der Waals surface area contributed by atoms with Crippen molar-refractivity contribution in [3.8, 4) is 0 Å². The van der Waals surface area contributed by atoms with Crippen LogP contribution in [0.4, 0.5) is 27.9 Å². The van der Waals surface area contributed by atoms with Crippen molar-refractivity contribution < 1.29 is 26.7 Å². The van der Waals surface area contributed by atoms with Crippen LogP contribution in [0.5, 0.6) is 0 Å². The largest absolute Gasteiger partial charge is 0.419 e. The van der Waals surface area contributed by atoms with Crippen LogP contribution in [0.2, 0.25) is 0 Å². The molecule has 2 aromatic heterocycles. The number of hydrogen-bond donors (Lipinski definition) is 2. The average molecular weight is 537 g/mol. The number of carbonyl (C=O) groups excluding carboxylic acids is 1. The molecule has 4 heterocycles. The lowest BCUT2D eigenvalue weighted by atomic mass is 9.81. The second kappa shape index (κ2) is 9.95. The van der Waals surface area contributed by atoms with Crippen LogP contribution in [0, 0.1) is 12.8 Å². The van der Waals surface area contributed by atoms with Gasteiger partial charge in [-0.05, 0) is 44.4 Å². The van der Waals surface area contributed by atoms with E-state index in [-0.39, 0.29) is 12.5 Å². The van der Waals surface area contributed by atoms with E-state index < -0.39 is 54.0 Å². The number of rotatable bonds is 5. The average Bonchev–Trinajstić information content (AvgIpc) is 2.82. The molecule has 4 rings (SSSR count). The van der Waals surface area contributed by atoms with Crippen molar-refractivity contribution in [3.05, 3.63) is 65.4 Å². The van der Waals surface area contributed by atoms with Gasteiger partial charge in [0.05, 0.1) is 23.8 Å². The van der Waals surface area contributed by atoms with Crippen LogP contribution in [-0.2, 0) is 11.0 Å². The zero-order valence-electron chi connectivity index (χ0n) is 21.4. The quantitative estimate of drug-likeness (QED) is 0.533. The molecule has 1 saturated heterocycles. The van der Waals surface area contributed by atoms with E-state index in [0.717, 1.165) is 10.5 Å². The van der Waals surface area contributed by atoms with Crippen LogP contribution in [0.1, 0.15) is 44.0 Å². The zero-order chi connectivity index (χ0) is 27.9. The molecular weight excluding hydrogens is 507 g/mol. The van der Waals surface area contributed by atoms with E-state index in [0.29, 0.717) is 29.4 Å². The van der Waals surface area contributed by atoms with Crippen molar-refractivity contribution in [1.29, 1.82) is 0 Å². The number of nitrogens with zero attached hydrogens (tertiary/aromatic N) is 4. The van der Waals surface area contributed by atoms with E-state index in [1.807, 2.05) is 13.0 Å². The fraction of sp³-hybridized carbons (Fsp3) is 0.462. The van der Waals surface area contributed by atoms with Crippen LogP contribution in [0.15, 0.2) is 48.6 Å². The molecule has 1 unspecified atom stereocenters. The number of allylic oxidation sites excluding steroid dienone is 3. The minimum atomic E-state index is -4.59. The number of dihydropyridines is 1. The number of aromatic nitrogens is 3. The number of piperidine rings is 1. The predicted octanol–water partition coefficient (Wildman–Crippen LogP) is 4.83.